The fourth-order valence-electron chi connectivity index (χ4n) is 6.49. The van der Waals surface area contributed by atoms with E-state index in [0.717, 1.165) is 47.3 Å². The summed E-state index contributed by atoms with van der Waals surface area (Å²) >= 11 is 0. The molecule has 0 nitrogen and oxygen atoms in total. The van der Waals surface area contributed by atoms with Crippen LogP contribution in [0, 0.1) is 47.3 Å². The molecule has 2 saturated carbocycles. The molecule has 0 heterocycles. The van der Waals surface area contributed by atoms with Gasteiger partial charge in [0.1, 0.15) is 0 Å². The largest absolute Gasteiger partial charge is 0.0628 e. The Labute approximate surface area is 185 Å². The van der Waals surface area contributed by atoms with Crippen molar-refractivity contribution >= 4 is 0 Å². The Balaban J connectivity index is 1.56. The lowest BCUT2D eigenvalue weighted by atomic mass is 9.71. The van der Waals surface area contributed by atoms with Crippen LogP contribution in [0.2, 0.25) is 0 Å². The van der Waals surface area contributed by atoms with Crippen LogP contribution in [0.25, 0.3) is 0 Å². The molecule has 0 radical (unpaired) electrons. The summed E-state index contributed by atoms with van der Waals surface area (Å²) in [7, 11) is 0. The predicted octanol–water partition coefficient (Wildman–Crippen LogP) is 9.91. The van der Waals surface area contributed by atoms with E-state index in [4.69, 9.17) is 0 Å². The summed E-state index contributed by atoms with van der Waals surface area (Å²) in [5, 5.41) is 0. The molecule has 0 spiro atoms. The molecule has 0 saturated heterocycles. The zero-order valence-corrected chi connectivity index (χ0v) is 21.2. The molecule has 0 bridgehead atoms. The van der Waals surface area contributed by atoms with Crippen molar-refractivity contribution < 1.29 is 0 Å². The van der Waals surface area contributed by atoms with Crippen molar-refractivity contribution in [1.82, 2.24) is 0 Å². The highest BCUT2D eigenvalue weighted by Gasteiger charge is 2.28. The van der Waals surface area contributed by atoms with E-state index in [1.54, 1.807) is 57.8 Å². The average Bonchev–Trinajstić information content (AvgIpc) is 2.68. The van der Waals surface area contributed by atoms with Crippen LogP contribution in [0.1, 0.15) is 138 Å². The summed E-state index contributed by atoms with van der Waals surface area (Å²) in [5.74, 6) is 7.92. The van der Waals surface area contributed by atoms with Crippen molar-refractivity contribution in [2.24, 2.45) is 47.3 Å². The highest BCUT2D eigenvalue weighted by Crippen LogP contribution is 2.41. The summed E-state index contributed by atoms with van der Waals surface area (Å²) in [6.45, 7) is 14.5. The fraction of sp³-hybridized carbons (Fsp3) is 1.00. The number of rotatable bonds is 12. The lowest BCUT2D eigenvalue weighted by molar-refractivity contribution is 0.170. The molecule has 2 unspecified atom stereocenters. The van der Waals surface area contributed by atoms with Crippen LogP contribution in [-0.4, -0.2) is 0 Å². The molecule has 2 fully saturated rings. The Morgan fingerprint density at radius 2 is 0.759 bits per heavy atom. The maximum absolute atomic E-state index is 2.51. The molecule has 29 heavy (non-hydrogen) atoms. The smallest absolute Gasteiger partial charge is 0.0411 e. The van der Waals surface area contributed by atoms with Gasteiger partial charge in [-0.05, 0) is 66.6 Å². The Morgan fingerprint density at radius 1 is 0.448 bits per heavy atom. The minimum absolute atomic E-state index is 0.881. The van der Waals surface area contributed by atoms with Crippen LogP contribution in [0.5, 0.6) is 0 Å². The van der Waals surface area contributed by atoms with Crippen LogP contribution in [-0.2, 0) is 0 Å². The molecule has 0 heteroatoms. The van der Waals surface area contributed by atoms with E-state index in [0.29, 0.717) is 0 Å². The molecule has 0 N–H and O–H groups in total. The van der Waals surface area contributed by atoms with Crippen molar-refractivity contribution in [3.05, 3.63) is 0 Å². The van der Waals surface area contributed by atoms with Crippen LogP contribution < -0.4 is 0 Å². The van der Waals surface area contributed by atoms with Gasteiger partial charge >= 0.3 is 0 Å². The number of hydrogen-bond acceptors (Lipinski definition) is 0. The predicted molar refractivity (Wildman–Crippen MR) is 131 cm³/mol. The first kappa shape index (κ1) is 25.3. The second-order valence-corrected chi connectivity index (χ2v) is 12.6. The summed E-state index contributed by atoms with van der Waals surface area (Å²) < 4.78 is 0. The molecule has 0 aliphatic heterocycles. The molecule has 0 aromatic heterocycles. The third-order valence-corrected chi connectivity index (χ3v) is 8.54. The average molecular weight is 405 g/mol. The van der Waals surface area contributed by atoms with Gasteiger partial charge in [-0.3, -0.25) is 0 Å². The van der Waals surface area contributed by atoms with E-state index >= 15 is 0 Å². The normalized spacial score (nSPS) is 30.6. The van der Waals surface area contributed by atoms with Gasteiger partial charge in [0, 0.05) is 0 Å². The summed E-state index contributed by atoms with van der Waals surface area (Å²) in [6, 6.07) is 0. The van der Waals surface area contributed by atoms with Crippen molar-refractivity contribution in [2.45, 2.75) is 138 Å². The van der Waals surface area contributed by atoms with E-state index in [2.05, 4.69) is 41.5 Å². The number of hydrogen-bond donors (Lipinski definition) is 0. The Kier molecular flexibility index (Phi) is 11.7. The Morgan fingerprint density at radius 3 is 1.07 bits per heavy atom. The molecule has 2 atom stereocenters. The van der Waals surface area contributed by atoms with Crippen LogP contribution in [0.15, 0.2) is 0 Å². The van der Waals surface area contributed by atoms with E-state index in [1.165, 1.54) is 38.5 Å². The summed E-state index contributed by atoms with van der Waals surface area (Å²) in [5.41, 5.74) is 0. The lowest BCUT2D eigenvalue weighted by Crippen LogP contribution is -2.22. The first-order valence-electron chi connectivity index (χ1n) is 13.8. The van der Waals surface area contributed by atoms with E-state index < -0.39 is 0 Å². The van der Waals surface area contributed by atoms with Gasteiger partial charge in [-0.25, -0.2) is 0 Å². The van der Waals surface area contributed by atoms with Gasteiger partial charge in [0.25, 0.3) is 0 Å². The van der Waals surface area contributed by atoms with Gasteiger partial charge in [0.05, 0.1) is 0 Å². The topological polar surface area (TPSA) is 0 Å². The Bertz CT molecular complexity index is 354. The zero-order valence-electron chi connectivity index (χ0n) is 21.2. The zero-order chi connectivity index (χ0) is 21.2. The Hall–Kier alpha value is 0. The van der Waals surface area contributed by atoms with Gasteiger partial charge in [-0.1, -0.05) is 119 Å². The summed E-state index contributed by atoms with van der Waals surface area (Å²) in [6.07, 6.45) is 22.7. The molecule has 172 valence electrons. The maximum Gasteiger partial charge on any atom is -0.0411 e. The van der Waals surface area contributed by atoms with Gasteiger partial charge < -0.3 is 0 Å². The first-order chi connectivity index (χ1) is 13.8. The standard InChI is InChI=1S/C29H56/c1-22(2)7-9-24(5)19-26-11-15-28(16-12-26)21-29-17-13-27(14-18-29)20-25(6)10-8-23(3)4/h22-29H,7-21H2,1-6H3. The van der Waals surface area contributed by atoms with Gasteiger partial charge in [-0.2, -0.15) is 0 Å². The molecule has 0 amide bonds. The van der Waals surface area contributed by atoms with Gasteiger partial charge in [0.2, 0.25) is 0 Å². The lowest BCUT2D eigenvalue weighted by Gasteiger charge is -2.35. The maximum atomic E-state index is 2.51. The molecule has 2 rings (SSSR count). The minimum atomic E-state index is 0.881. The van der Waals surface area contributed by atoms with Gasteiger partial charge in [-0.15, -0.1) is 0 Å². The third-order valence-electron chi connectivity index (χ3n) is 8.54. The SMILES string of the molecule is CC(C)CCC(C)CC1CCC(CC2CCC(CC(C)CCC(C)C)CC2)CC1. The quantitative estimate of drug-likeness (QED) is 0.303. The van der Waals surface area contributed by atoms with Gasteiger partial charge in [0.15, 0.2) is 0 Å². The van der Waals surface area contributed by atoms with Crippen LogP contribution >= 0.6 is 0 Å². The monoisotopic (exact) mass is 404 g/mol. The van der Waals surface area contributed by atoms with Crippen molar-refractivity contribution in [2.75, 3.05) is 0 Å². The summed E-state index contributed by atoms with van der Waals surface area (Å²) in [4.78, 5) is 0. The highest BCUT2D eigenvalue weighted by molar-refractivity contribution is 4.80. The second kappa shape index (κ2) is 13.4. The molecule has 0 aromatic rings. The third kappa shape index (κ3) is 10.7. The highest BCUT2D eigenvalue weighted by atomic mass is 14.3. The fourth-order valence-corrected chi connectivity index (χ4v) is 6.49. The first-order valence-corrected chi connectivity index (χ1v) is 13.8. The van der Waals surface area contributed by atoms with E-state index in [-0.39, 0.29) is 0 Å². The molecule has 2 aliphatic carbocycles. The molecule has 0 aromatic carbocycles. The molecule has 2 aliphatic rings. The van der Waals surface area contributed by atoms with Crippen molar-refractivity contribution in [3.8, 4) is 0 Å². The van der Waals surface area contributed by atoms with Crippen molar-refractivity contribution in [1.29, 1.82) is 0 Å². The van der Waals surface area contributed by atoms with Crippen LogP contribution in [0.3, 0.4) is 0 Å². The van der Waals surface area contributed by atoms with Crippen molar-refractivity contribution in [3.63, 3.8) is 0 Å². The van der Waals surface area contributed by atoms with E-state index in [1.807, 2.05) is 0 Å². The van der Waals surface area contributed by atoms with Crippen LogP contribution in [0.4, 0.5) is 0 Å². The molecular formula is C29H56. The molecular weight excluding hydrogens is 348 g/mol. The second-order valence-electron chi connectivity index (χ2n) is 12.6. The van der Waals surface area contributed by atoms with E-state index in [9.17, 15) is 0 Å². The minimum Gasteiger partial charge on any atom is -0.0628 e.